The van der Waals surface area contributed by atoms with Crippen molar-refractivity contribution in [3.05, 3.63) is 96.3 Å². The number of nitrogens with one attached hydrogen (secondary N) is 1. The third-order valence-corrected chi connectivity index (χ3v) is 8.28. The monoisotopic (exact) mass is 435 g/mol. The van der Waals surface area contributed by atoms with Crippen molar-refractivity contribution >= 4 is 26.0 Å². The Morgan fingerprint density at radius 2 is 1.37 bits per heavy atom. The van der Waals surface area contributed by atoms with Crippen LogP contribution in [-0.2, 0) is 4.57 Å². The molecule has 1 atom stereocenters. The lowest BCUT2D eigenvalue weighted by Crippen LogP contribution is -2.31. The van der Waals surface area contributed by atoms with E-state index in [1.54, 1.807) is 18.2 Å². The SMILES string of the molecule is C[Si](C)(C)C#CC[C@H](NP(=O)(c1ccccc1)c1ccccc1)c1ccccc1F. The lowest BCUT2D eigenvalue weighted by atomic mass is 10.0. The highest BCUT2D eigenvalue weighted by Gasteiger charge is 2.31. The van der Waals surface area contributed by atoms with E-state index in [0.29, 0.717) is 22.6 Å². The average Bonchev–Trinajstić information content (AvgIpc) is 2.74. The third-order valence-electron chi connectivity index (χ3n) is 4.63. The molecule has 0 saturated heterocycles. The van der Waals surface area contributed by atoms with Crippen molar-refractivity contribution in [3.8, 4) is 11.5 Å². The first-order valence-electron chi connectivity index (χ1n) is 10.0. The predicted molar refractivity (Wildman–Crippen MR) is 128 cm³/mol. The molecule has 0 aliphatic rings. The molecule has 0 saturated carbocycles. The zero-order valence-electron chi connectivity index (χ0n) is 17.6. The van der Waals surface area contributed by atoms with Crippen LogP contribution in [0, 0.1) is 17.3 Å². The van der Waals surface area contributed by atoms with E-state index in [0.717, 1.165) is 0 Å². The van der Waals surface area contributed by atoms with Crippen LogP contribution in [0.5, 0.6) is 0 Å². The largest absolute Gasteiger partial charge is 0.297 e. The normalized spacial score (nSPS) is 12.7. The third kappa shape index (κ3) is 5.58. The number of halogens is 1. The molecule has 0 unspecified atom stereocenters. The van der Waals surface area contributed by atoms with Crippen molar-refractivity contribution in [2.45, 2.75) is 32.1 Å². The van der Waals surface area contributed by atoms with E-state index in [-0.39, 0.29) is 5.82 Å². The van der Waals surface area contributed by atoms with E-state index >= 15 is 0 Å². The summed E-state index contributed by atoms with van der Waals surface area (Å²) >= 11 is 0. The summed E-state index contributed by atoms with van der Waals surface area (Å²) in [4.78, 5) is 0. The van der Waals surface area contributed by atoms with Gasteiger partial charge in [0.1, 0.15) is 13.9 Å². The second-order valence-electron chi connectivity index (χ2n) is 8.24. The highest BCUT2D eigenvalue weighted by Crippen LogP contribution is 2.42. The molecule has 2 nitrogen and oxygen atoms in total. The van der Waals surface area contributed by atoms with Crippen LogP contribution in [-0.4, -0.2) is 8.07 Å². The van der Waals surface area contributed by atoms with Crippen molar-refractivity contribution in [1.82, 2.24) is 5.09 Å². The number of benzene rings is 3. The Morgan fingerprint density at radius 3 is 1.87 bits per heavy atom. The summed E-state index contributed by atoms with van der Waals surface area (Å²) in [6.45, 7) is 6.51. The summed E-state index contributed by atoms with van der Waals surface area (Å²) in [7, 11) is -4.80. The molecule has 30 heavy (non-hydrogen) atoms. The lowest BCUT2D eigenvalue weighted by molar-refractivity contribution is 0.544. The molecular weight excluding hydrogens is 408 g/mol. The molecule has 3 aromatic rings. The van der Waals surface area contributed by atoms with Crippen LogP contribution in [0.4, 0.5) is 4.39 Å². The van der Waals surface area contributed by atoms with Gasteiger partial charge in [0.05, 0.1) is 6.04 Å². The minimum Gasteiger partial charge on any atom is -0.297 e. The van der Waals surface area contributed by atoms with Gasteiger partial charge < -0.3 is 0 Å². The van der Waals surface area contributed by atoms with E-state index in [9.17, 15) is 8.96 Å². The van der Waals surface area contributed by atoms with Gasteiger partial charge in [0.25, 0.3) is 0 Å². The zero-order valence-corrected chi connectivity index (χ0v) is 19.5. The van der Waals surface area contributed by atoms with Crippen LogP contribution >= 0.6 is 7.29 Å². The minimum absolute atomic E-state index is 0.322. The second kappa shape index (κ2) is 9.58. The maximum absolute atomic E-state index is 14.7. The molecule has 0 radical (unpaired) electrons. The summed E-state index contributed by atoms with van der Waals surface area (Å²) in [5.41, 5.74) is 3.82. The zero-order chi connectivity index (χ0) is 21.6. The molecule has 0 aromatic heterocycles. The lowest BCUT2D eigenvalue weighted by Gasteiger charge is -2.26. The van der Waals surface area contributed by atoms with Gasteiger partial charge in [-0.3, -0.25) is 9.65 Å². The fourth-order valence-electron chi connectivity index (χ4n) is 3.19. The predicted octanol–water partition coefficient (Wildman–Crippen LogP) is 5.66. The standard InChI is InChI=1S/C25H27FNOPSi/c1-30(2,3)20-12-19-25(23-17-10-11-18-24(23)26)27-29(28,21-13-6-4-7-14-21)22-15-8-5-9-16-22/h4-11,13-18,25H,19H2,1-3H3,(H,27,28)/t25-/m0/s1. The van der Waals surface area contributed by atoms with Crippen LogP contribution in [0.3, 0.4) is 0 Å². The van der Waals surface area contributed by atoms with Gasteiger partial charge >= 0.3 is 0 Å². The summed E-state index contributed by atoms with van der Waals surface area (Å²) < 4.78 is 29.1. The fraction of sp³-hybridized carbons (Fsp3) is 0.200. The van der Waals surface area contributed by atoms with E-state index < -0.39 is 21.4 Å². The van der Waals surface area contributed by atoms with Gasteiger partial charge in [-0.2, -0.15) is 0 Å². The molecule has 0 amide bonds. The molecule has 1 N–H and O–H groups in total. The number of hydrogen-bond acceptors (Lipinski definition) is 1. The molecule has 3 rings (SSSR count). The Hall–Kier alpha value is -2.44. The molecule has 0 aliphatic carbocycles. The van der Waals surface area contributed by atoms with Gasteiger partial charge in [-0.05, 0) is 30.3 Å². The van der Waals surface area contributed by atoms with Gasteiger partial charge in [0.2, 0.25) is 7.29 Å². The Balaban J connectivity index is 2.08. The Kier molecular flexibility index (Phi) is 7.10. The van der Waals surface area contributed by atoms with Crippen molar-refractivity contribution in [1.29, 1.82) is 0 Å². The van der Waals surface area contributed by atoms with E-state index in [4.69, 9.17) is 0 Å². The second-order valence-corrected chi connectivity index (χ2v) is 15.5. The van der Waals surface area contributed by atoms with Crippen LogP contribution in [0.2, 0.25) is 19.6 Å². The van der Waals surface area contributed by atoms with E-state index in [1.165, 1.54) is 6.07 Å². The smallest absolute Gasteiger partial charge is 0.205 e. The molecule has 154 valence electrons. The van der Waals surface area contributed by atoms with Crippen molar-refractivity contribution in [2.75, 3.05) is 0 Å². The topological polar surface area (TPSA) is 29.1 Å². The van der Waals surface area contributed by atoms with Crippen LogP contribution in [0.15, 0.2) is 84.9 Å². The van der Waals surface area contributed by atoms with Crippen molar-refractivity contribution < 1.29 is 8.96 Å². The Labute approximate surface area is 180 Å². The average molecular weight is 436 g/mol. The molecule has 0 fully saturated rings. The first kappa shape index (κ1) is 22.2. The highest BCUT2D eigenvalue weighted by atomic mass is 31.2. The fourth-order valence-corrected chi connectivity index (χ4v) is 6.28. The minimum atomic E-state index is -3.22. The molecule has 3 aromatic carbocycles. The van der Waals surface area contributed by atoms with E-state index in [1.807, 2.05) is 60.7 Å². The van der Waals surface area contributed by atoms with Crippen LogP contribution < -0.4 is 15.7 Å². The molecule has 0 spiro atoms. The van der Waals surface area contributed by atoms with Crippen molar-refractivity contribution in [2.24, 2.45) is 0 Å². The summed E-state index contributed by atoms with van der Waals surface area (Å²) in [5, 5.41) is 4.72. The van der Waals surface area contributed by atoms with Gasteiger partial charge in [0, 0.05) is 22.6 Å². The maximum Gasteiger partial charge on any atom is 0.205 e. The van der Waals surface area contributed by atoms with Gasteiger partial charge in [0.15, 0.2) is 0 Å². The molecule has 0 aliphatic heterocycles. The Morgan fingerprint density at radius 1 is 0.867 bits per heavy atom. The van der Waals surface area contributed by atoms with Crippen LogP contribution in [0.25, 0.3) is 0 Å². The molecule has 0 heterocycles. The first-order valence-corrected chi connectivity index (χ1v) is 15.2. The first-order chi connectivity index (χ1) is 14.3. The molecule has 0 bridgehead atoms. The highest BCUT2D eigenvalue weighted by molar-refractivity contribution is 7.76. The van der Waals surface area contributed by atoms with E-state index in [2.05, 4.69) is 36.2 Å². The van der Waals surface area contributed by atoms with Crippen molar-refractivity contribution in [3.63, 3.8) is 0 Å². The number of hydrogen-bond donors (Lipinski definition) is 1. The van der Waals surface area contributed by atoms with Gasteiger partial charge in [-0.1, -0.05) is 74.2 Å². The Bertz CT molecular complexity index is 1040. The van der Waals surface area contributed by atoms with Gasteiger partial charge in [-0.25, -0.2) is 4.39 Å². The molecule has 5 heteroatoms. The summed E-state index contributed by atoms with van der Waals surface area (Å²) in [6, 6.07) is 24.8. The molecular formula is C25H27FNOPSi. The summed E-state index contributed by atoms with van der Waals surface area (Å²) in [5.74, 6) is 2.92. The summed E-state index contributed by atoms with van der Waals surface area (Å²) in [6.07, 6.45) is 0.384. The quantitative estimate of drug-likeness (QED) is 0.308. The number of rotatable bonds is 6. The maximum atomic E-state index is 14.7. The van der Waals surface area contributed by atoms with Crippen LogP contribution in [0.1, 0.15) is 18.0 Å². The van der Waals surface area contributed by atoms with Gasteiger partial charge in [-0.15, -0.1) is 11.5 Å².